The quantitative estimate of drug-likeness (QED) is 0.725. The van der Waals surface area contributed by atoms with Crippen molar-refractivity contribution < 1.29 is 14.3 Å². The molecule has 1 rings (SSSR count). The van der Waals surface area contributed by atoms with Gasteiger partial charge in [0.05, 0.1) is 19.8 Å². The highest BCUT2D eigenvalue weighted by atomic mass is 16.5. The van der Waals surface area contributed by atoms with Gasteiger partial charge in [-0.15, -0.1) is 0 Å². The summed E-state index contributed by atoms with van der Waals surface area (Å²) in [5, 5.41) is 8.95. The number of carbonyl (C=O) groups is 1. The smallest absolute Gasteiger partial charge is 0.327 e. The molecule has 0 saturated carbocycles. The average molecular weight is 219 g/mol. The molecule has 1 atom stereocenters. The Hall–Kier alpha value is -2.02. The number of methoxy groups -OCH3 is 1. The zero-order chi connectivity index (χ0) is 12.0. The van der Waals surface area contributed by atoms with Crippen LogP contribution in [0.1, 0.15) is 18.4 Å². The van der Waals surface area contributed by atoms with Crippen molar-refractivity contribution in [1.82, 2.24) is 0 Å². The topological polar surface area (TPSA) is 59.3 Å². The monoisotopic (exact) mass is 219 g/mol. The van der Waals surface area contributed by atoms with Crippen LogP contribution >= 0.6 is 0 Å². The SMILES string of the molecule is CCOC(=O)[C@H](C#N)c1cccc(OC)c1. The van der Waals surface area contributed by atoms with Gasteiger partial charge in [0.1, 0.15) is 5.75 Å². The van der Waals surface area contributed by atoms with Crippen molar-refractivity contribution in [2.75, 3.05) is 13.7 Å². The largest absolute Gasteiger partial charge is 0.497 e. The Labute approximate surface area is 94.4 Å². The first-order chi connectivity index (χ1) is 7.72. The fraction of sp³-hybridized carbons (Fsp3) is 0.333. The molecule has 0 aliphatic carbocycles. The second kappa shape index (κ2) is 5.76. The Morgan fingerprint density at radius 2 is 2.31 bits per heavy atom. The van der Waals surface area contributed by atoms with E-state index in [0.717, 1.165) is 0 Å². The van der Waals surface area contributed by atoms with E-state index in [-0.39, 0.29) is 6.61 Å². The van der Waals surface area contributed by atoms with Gasteiger partial charge in [-0.1, -0.05) is 12.1 Å². The van der Waals surface area contributed by atoms with E-state index >= 15 is 0 Å². The molecule has 1 aromatic rings. The molecule has 4 heteroatoms. The Bertz CT molecular complexity index is 409. The van der Waals surface area contributed by atoms with Crippen LogP contribution < -0.4 is 4.74 Å². The predicted octanol–water partition coefficient (Wildman–Crippen LogP) is 1.87. The number of benzene rings is 1. The molecule has 84 valence electrons. The van der Waals surface area contributed by atoms with Crippen LogP contribution in [0.25, 0.3) is 0 Å². The maximum absolute atomic E-state index is 11.5. The van der Waals surface area contributed by atoms with E-state index in [2.05, 4.69) is 0 Å². The van der Waals surface area contributed by atoms with Crippen LogP contribution in [0.5, 0.6) is 5.75 Å². The molecule has 0 fully saturated rings. The van der Waals surface area contributed by atoms with E-state index < -0.39 is 11.9 Å². The second-order valence-corrected chi connectivity index (χ2v) is 3.09. The Morgan fingerprint density at radius 3 is 2.88 bits per heavy atom. The first-order valence-corrected chi connectivity index (χ1v) is 4.93. The third kappa shape index (κ3) is 2.74. The number of nitrogens with zero attached hydrogens (tertiary/aromatic N) is 1. The van der Waals surface area contributed by atoms with Crippen molar-refractivity contribution in [2.24, 2.45) is 0 Å². The molecule has 0 saturated heterocycles. The summed E-state index contributed by atoms with van der Waals surface area (Å²) in [6.45, 7) is 1.97. The molecule has 0 N–H and O–H groups in total. The fourth-order valence-corrected chi connectivity index (χ4v) is 1.31. The number of ether oxygens (including phenoxy) is 2. The Balaban J connectivity index is 2.95. The lowest BCUT2D eigenvalue weighted by Crippen LogP contribution is -2.14. The minimum Gasteiger partial charge on any atom is -0.497 e. The van der Waals surface area contributed by atoms with E-state index in [1.165, 1.54) is 7.11 Å². The average Bonchev–Trinajstić information content (AvgIpc) is 2.31. The van der Waals surface area contributed by atoms with Gasteiger partial charge in [0.15, 0.2) is 5.92 Å². The summed E-state index contributed by atoms with van der Waals surface area (Å²) < 4.78 is 9.85. The molecular formula is C12H13NO3. The molecular weight excluding hydrogens is 206 g/mol. The third-order valence-electron chi connectivity index (χ3n) is 2.08. The number of nitriles is 1. The summed E-state index contributed by atoms with van der Waals surface area (Å²) in [5.41, 5.74) is 0.584. The van der Waals surface area contributed by atoms with Crippen LogP contribution in [0.15, 0.2) is 24.3 Å². The van der Waals surface area contributed by atoms with Crippen molar-refractivity contribution >= 4 is 5.97 Å². The molecule has 0 radical (unpaired) electrons. The summed E-state index contributed by atoms with van der Waals surface area (Å²) in [7, 11) is 1.53. The second-order valence-electron chi connectivity index (χ2n) is 3.09. The van der Waals surface area contributed by atoms with Crippen molar-refractivity contribution in [2.45, 2.75) is 12.8 Å². The molecule has 0 aliphatic rings. The van der Waals surface area contributed by atoms with Gasteiger partial charge in [0.2, 0.25) is 0 Å². The van der Waals surface area contributed by atoms with Gasteiger partial charge < -0.3 is 9.47 Å². The summed E-state index contributed by atoms with van der Waals surface area (Å²) in [6, 6.07) is 8.77. The molecule has 0 spiro atoms. The van der Waals surface area contributed by atoms with Crippen LogP contribution in [0, 0.1) is 11.3 Å². The van der Waals surface area contributed by atoms with Gasteiger partial charge in [-0.2, -0.15) is 5.26 Å². The molecule has 0 bridgehead atoms. The first-order valence-electron chi connectivity index (χ1n) is 4.93. The summed E-state index contributed by atoms with van der Waals surface area (Å²) in [6.07, 6.45) is 0. The summed E-state index contributed by atoms with van der Waals surface area (Å²) in [4.78, 5) is 11.5. The number of hydrogen-bond acceptors (Lipinski definition) is 4. The molecule has 1 aromatic carbocycles. The van der Waals surface area contributed by atoms with E-state index in [4.69, 9.17) is 14.7 Å². The van der Waals surface area contributed by atoms with Gasteiger partial charge in [-0.25, -0.2) is 0 Å². The van der Waals surface area contributed by atoms with Crippen LogP contribution in [-0.2, 0) is 9.53 Å². The Kier molecular flexibility index (Phi) is 4.34. The molecule has 4 nitrogen and oxygen atoms in total. The lowest BCUT2D eigenvalue weighted by Gasteiger charge is -2.09. The molecule has 0 aliphatic heterocycles. The summed E-state index contributed by atoms with van der Waals surface area (Å²) in [5.74, 6) is -0.810. The maximum Gasteiger partial charge on any atom is 0.327 e. The van der Waals surface area contributed by atoms with Crippen LogP contribution in [0.4, 0.5) is 0 Å². The highest BCUT2D eigenvalue weighted by Gasteiger charge is 2.21. The van der Waals surface area contributed by atoms with E-state index in [1.54, 1.807) is 31.2 Å². The number of esters is 1. The van der Waals surface area contributed by atoms with Crippen molar-refractivity contribution in [3.05, 3.63) is 29.8 Å². The van der Waals surface area contributed by atoms with Crippen molar-refractivity contribution in [1.29, 1.82) is 5.26 Å². The van der Waals surface area contributed by atoms with Gasteiger partial charge in [-0.3, -0.25) is 4.79 Å². The zero-order valence-corrected chi connectivity index (χ0v) is 9.27. The van der Waals surface area contributed by atoms with Gasteiger partial charge in [0, 0.05) is 0 Å². The van der Waals surface area contributed by atoms with Gasteiger partial charge >= 0.3 is 5.97 Å². The normalized spacial score (nSPS) is 11.3. The van der Waals surface area contributed by atoms with Crippen LogP contribution in [0.3, 0.4) is 0 Å². The number of hydrogen-bond donors (Lipinski definition) is 0. The highest BCUT2D eigenvalue weighted by Crippen LogP contribution is 2.21. The fourth-order valence-electron chi connectivity index (χ4n) is 1.31. The zero-order valence-electron chi connectivity index (χ0n) is 9.27. The molecule has 16 heavy (non-hydrogen) atoms. The molecule has 0 amide bonds. The lowest BCUT2D eigenvalue weighted by atomic mass is 10.0. The van der Waals surface area contributed by atoms with E-state index in [0.29, 0.717) is 11.3 Å². The lowest BCUT2D eigenvalue weighted by molar-refractivity contribution is -0.143. The number of carbonyl (C=O) groups excluding carboxylic acids is 1. The minimum atomic E-state index is -0.893. The predicted molar refractivity (Wildman–Crippen MR) is 58.0 cm³/mol. The minimum absolute atomic E-state index is 0.265. The van der Waals surface area contributed by atoms with Gasteiger partial charge in [0.25, 0.3) is 0 Å². The highest BCUT2D eigenvalue weighted by molar-refractivity contribution is 5.81. The van der Waals surface area contributed by atoms with Crippen molar-refractivity contribution in [3.8, 4) is 11.8 Å². The van der Waals surface area contributed by atoms with E-state index in [9.17, 15) is 4.79 Å². The first kappa shape index (κ1) is 12.1. The molecule has 0 heterocycles. The summed E-state index contributed by atoms with van der Waals surface area (Å²) >= 11 is 0. The standard InChI is InChI=1S/C12H13NO3/c1-3-16-12(14)11(8-13)9-5-4-6-10(7-9)15-2/h4-7,11H,3H2,1-2H3/t11-/m1/s1. The third-order valence-corrected chi connectivity index (χ3v) is 2.08. The maximum atomic E-state index is 11.5. The molecule has 0 unspecified atom stereocenters. The number of rotatable bonds is 4. The Morgan fingerprint density at radius 1 is 1.56 bits per heavy atom. The van der Waals surface area contributed by atoms with E-state index in [1.807, 2.05) is 6.07 Å². The van der Waals surface area contributed by atoms with Crippen LogP contribution in [0.2, 0.25) is 0 Å². The van der Waals surface area contributed by atoms with Gasteiger partial charge in [-0.05, 0) is 24.6 Å². The molecule has 0 aromatic heterocycles. The van der Waals surface area contributed by atoms with Crippen LogP contribution in [-0.4, -0.2) is 19.7 Å². The van der Waals surface area contributed by atoms with Crippen molar-refractivity contribution in [3.63, 3.8) is 0 Å².